The van der Waals surface area contributed by atoms with Crippen molar-refractivity contribution < 1.29 is 19.0 Å². The van der Waals surface area contributed by atoms with Crippen molar-refractivity contribution in [3.8, 4) is 5.75 Å². The molecule has 1 N–H and O–H groups in total. The Hall–Kier alpha value is -1.13. The Balaban J connectivity index is 2.15. The lowest BCUT2D eigenvalue weighted by atomic mass is 9.98. The molecule has 1 aliphatic rings. The Labute approximate surface area is 100 Å². The summed E-state index contributed by atoms with van der Waals surface area (Å²) in [7, 11) is 1.48. The van der Waals surface area contributed by atoms with E-state index in [1.807, 2.05) is 0 Å². The van der Waals surface area contributed by atoms with Gasteiger partial charge in [0, 0.05) is 18.2 Å². The van der Waals surface area contributed by atoms with Crippen LogP contribution in [0.5, 0.6) is 5.75 Å². The number of hydrogen-bond acceptors (Lipinski definition) is 3. The minimum atomic E-state index is -0.902. The number of benzene rings is 1. The second-order valence-corrected chi connectivity index (χ2v) is 4.24. The van der Waals surface area contributed by atoms with Gasteiger partial charge in [-0.3, -0.25) is 0 Å². The van der Waals surface area contributed by atoms with E-state index >= 15 is 0 Å². The molecule has 1 heterocycles. The van der Waals surface area contributed by atoms with Gasteiger partial charge in [-0.2, -0.15) is 0 Å². The summed E-state index contributed by atoms with van der Waals surface area (Å²) in [5, 5.41) is 10.1. The molecule has 1 aromatic rings. The van der Waals surface area contributed by atoms with Crippen LogP contribution in [0.4, 0.5) is 4.39 Å². The molecule has 4 heteroatoms. The Kier molecular flexibility index (Phi) is 3.97. The first-order chi connectivity index (χ1) is 8.22. The van der Waals surface area contributed by atoms with E-state index in [0.29, 0.717) is 12.4 Å². The molecule has 1 aliphatic heterocycles. The number of hydrogen-bond donors (Lipinski definition) is 1. The number of aliphatic hydroxyl groups excluding tert-OH is 1. The quantitative estimate of drug-likeness (QED) is 0.882. The topological polar surface area (TPSA) is 38.7 Å². The molecule has 0 amide bonds. The second kappa shape index (κ2) is 5.47. The van der Waals surface area contributed by atoms with E-state index in [-0.39, 0.29) is 11.7 Å². The average Bonchev–Trinajstić information content (AvgIpc) is 2.39. The highest BCUT2D eigenvalue weighted by Crippen LogP contribution is 2.29. The number of halogens is 1. The van der Waals surface area contributed by atoms with Gasteiger partial charge in [-0.25, -0.2) is 4.39 Å². The predicted octanol–water partition coefficient (Wildman–Crippen LogP) is 2.44. The Bertz CT molecular complexity index is 375. The van der Waals surface area contributed by atoms with Crippen LogP contribution in [0.3, 0.4) is 0 Å². The maximum Gasteiger partial charge on any atom is 0.132 e. The van der Waals surface area contributed by atoms with Crippen molar-refractivity contribution in [3.63, 3.8) is 0 Å². The van der Waals surface area contributed by atoms with Crippen molar-refractivity contribution in [2.45, 2.75) is 31.5 Å². The van der Waals surface area contributed by atoms with Crippen LogP contribution in [0.15, 0.2) is 18.2 Å². The SMILES string of the molecule is COc1ccc(C(O)C2CCCCO2)c(F)c1. The molecule has 1 saturated heterocycles. The van der Waals surface area contributed by atoms with Gasteiger partial charge in [0.25, 0.3) is 0 Å². The Morgan fingerprint density at radius 2 is 2.29 bits per heavy atom. The maximum absolute atomic E-state index is 13.7. The highest BCUT2D eigenvalue weighted by molar-refractivity contribution is 5.30. The number of aliphatic hydroxyl groups is 1. The monoisotopic (exact) mass is 240 g/mol. The zero-order valence-electron chi connectivity index (χ0n) is 9.86. The van der Waals surface area contributed by atoms with Gasteiger partial charge in [0.05, 0.1) is 13.2 Å². The van der Waals surface area contributed by atoms with Crippen molar-refractivity contribution in [3.05, 3.63) is 29.6 Å². The van der Waals surface area contributed by atoms with Crippen LogP contribution >= 0.6 is 0 Å². The fourth-order valence-corrected chi connectivity index (χ4v) is 2.09. The molecule has 2 rings (SSSR count). The van der Waals surface area contributed by atoms with Gasteiger partial charge >= 0.3 is 0 Å². The average molecular weight is 240 g/mol. The molecule has 1 fully saturated rings. The van der Waals surface area contributed by atoms with Gasteiger partial charge in [-0.15, -0.1) is 0 Å². The zero-order valence-corrected chi connectivity index (χ0v) is 9.86. The molecule has 0 radical (unpaired) electrons. The van der Waals surface area contributed by atoms with Crippen LogP contribution in [0.1, 0.15) is 30.9 Å². The second-order valence-electron chi connectivity index (χ2n) is 4.24. The van der Waals surface area contributed by atoms with Crippen molar-refractivity contribution in [2.24, 2.45) is 0 Å². The Morgan fingerprint density at radius 3 is 2.88 bits per heavy atom. The summed E-state index contributed by atoms with van der Waals surface area (Å²) in [6.45, 7) is 0.638. The highest BCUT2D eigenvalue weighted by Gasteiger charge is 2.26. The summed E-state index contributed by atoms with van der Waals surface area (Å²) in [6.07, 6.45) is 1.59. The van der Waals surface area contributed by atoms with Crippen molar-refractivity contribution in [1.29, 1.82) is 0 Å². The molecular formula is C13H17FO3. The van der Waals surface area contributed by atoms with Crippen molar-refractivity contribution in [2.75, 3.05) is 13.7 Å². The summed E-state index contributed by atoms with van der Waals surface area (Å²) >= 11 is 0. The van der Waals surface area contributed by atoms with Gasteiger partial charge in [0.2, 0.25) is 0 Å². The molecule has 2 atom stereocenters. The summed E-state index contributed by atoms with van der Waals surface area (Å²) in [6, 6.07) is 4.47. The van der Waals surface area contributed by atoms with Crippen LogP contribution in [0.25, 0.3) is 0 Å². The first-order valence-electron chi connectivity index (χ1n) is 5.85. The molecule has 0 aliphatic carbocycles. The number of ether oxygens (including phenoxy) is 2. The van der Waals surface area contributed by atoms with Crippen LogP contribution in [-0.4, -0.2) is 24.9 Å². The van der Waals surface area contributed by atoms with E-state index in [0.717, 1.165) is 19.3 Å². The lowest BCUT2D eigenvalue weighted by molar-refractivity contribution is -0.0644. The lowest BCUT2D eigenvalue weighted by Gasteiger charge is -2.27. The van der Waals surface area contributed by atoms with Crippen LogP contribution < -0.4 is 4.74 Å². The minimum Gasteiger partial charge on any atom is -0.497 e. The first-order valence-corrected chi connectivity index (χ1v) is 5.85. The largest absolute Gasteiger partial charge is 0.497 e. The normalized spacial score (nSPS) is 22.2. The van der Waals surface area contributed by atoms with Gasteiger partial charge < -0.3 is 14.6 Å². The predicted molar refractivity (Wildman–Crippen MR) is 61.5 cm³/mol. The maximum atomic E-state index is 13.7. The third kappa shape index (κ3) is 2.76. The number of methoxy groups -OCH3 is 1. The molecule has 0 saturated carbocycles. The van der Waals surface area contributed by atoms with E-state index < -0.39 is 11.9 Å². The van der Waals surface area contributed by atoms with E-state index in [4.69, 9.17) is 9.47 Å². The molecule has 0 spiro atoms. The van der Waals surface area contributed by atoms with E-state index in [1.54, 1.807) is 12.1 Å². The molecule has 94 valence electrons. The summed E-state index contributed by atoms with van der Waals surface area (Å²) < 4.78 is 24.1. The van der Waals surface area contributed by atoms with Crippen LogP contribution in [0.2, 0.25) is 0 Å². The highest BCUT2D eigenvalue weighted by atomic mass is 19.1. The molecule has 17 heavy (non-hydrogen) atoms. The van der Waals surface area contributed by atoms with E-state index in [1.165, 1.54) is 13.2 Å². The molecular weight excluding hydrogens is 223 g/mol. The summed E-state index contributed by atoms with van der Waals surface area (Å²) in [5.74, 6) is -0.00552. The Morgan fingerprint density at radius 1 is 1.47 bits per heavy atom. The number of rotatable bonds is 3. The molecule has 2 unspecified atom stereocenters. The van der Waals surface area contributed by atoms with Crippen LogP contribution in [0, 0.1) is 5.82 Å². The van der Waals surface area contributed by atoms with Gasteiger partial charge in [-0.1, -0.05) is 0 Å². The van der Waals surface area contributed by atoms with E-state index in [9.17, 15) is 9.50 Å². The van der Waals surface area contributed by atoms with Crippen LogP contribution in [-0.2, 0) is 4.74 Å². The summed E-state index contributed by atoms with van der Waals surface area (Å²) in [4.78, 5) is 0. The summed E-state index contributed by atoms with van der Waals surface area (Å²) in [5.41, 5.74) is 0.276. The fraction of sp³-hybridized carbons (Fsp3) is 0.538. The fourth-order valence-electron chi connectivity index (χ4n) is 2.09. The van der Waals surface area contributed by atoms with E-state index in [2.05, 4.69) is 0 Å². The zero-order chi connectivity index (χ0) is 12.3. The van der Waals surface area contributed by atoms with Gasteiger partial charge in [-0.05, 0) is 31.4 Å². The van der Waals surface area contributed by atoms with Crippen molar-refractivity contribution >= 4 is 0 Å². The minimum absolute atomic E-state index is 0.276. The first kappa shape index (κ1) is 12.3. The van der Waals surface area contributed by atoms with Gasteiger partial charge in [0.15, 0.2) is 0 Å². The molecule has 1 aromatic carbocycles. The lowest BCUT2D eigenvalue weighted by Crippen LogP contribution is -2.26. The smallest absolute Gasteiger partial charge is 0.132 e. The molecule has 3 nitrogen and oxygen atoms in total. The third-order valence-corrected chi connectivity index (χ3v) is 3.09. The van der Waals surface area contributed by atoms with Gasteiger partial charge in [0.1, 0.15) is 17.7 Å². The standard InChI is InChI=1S/C13H17FO3/c1-16-9-5-6-10(11(14)8-9)13(15)12-4-2-3-7-17-12/h5-6,8,12-13,15H,2-4,7H2,1H3. The van der Waals surface area contributed by atoms with Crippen molar-refractivity contribution in [1.82, 2.24) is 0 Å². The third-order valence-electron chi connectivity index (χ3n) is 3.09. The molecule has 0 bridgehead atoms. The molecule has 0 aromatic heterocycles.